The molecule has 0 bridgehead atoms. The summed E-state index contributed by atoms with van der Waals surface area (Å²) in [5.74, 6) is 0. The van der Waals surface area contributed by atoms with E-state index in [2.05, 4.69) is 10.0 Å². The first kappa shape index (κ1) is 10.7. The standard InChI is InChI=1S/C6H12N3O3P/c1-6(2)3-11-13(10,12-4-6)5-8-9-7/h3-5H2,1-2H3. The van der Waals surface area contributed by atoms with Crippen molar-refractivity contribution in [3.8, 4) is 0 Å². The van der Waals surface area contributed by atoms with Gasteiger partial charge in [0.15, 0.2) is 6.29 Å². The summed E-state index contributed by atoms with van der Waals surface area (Å²) in [7, 11) is -3.13. The third kappa shape index (κ3) is 3.10. The van der Waals surface area contributed by atoms with Crippen LogP contribution >= 0.6 is 7.94 Å². The van der Waals surface area contributed by atoms with Crippen LogP contribution in [0.25, 0.3) is 10.4 Å². The summed E-state index contributed by atoms with van der Waals surface area (Å²) in [5, 5.41) is 3.18. The Balaban J connectivity index is 2.51. The molecule has 0 aromatic heterocycles. The molecule has 0 atom stereocenters. The molecule has 0 radical (unpaired) electrons. The topological polar surface area (TPSA) is 90.3 Å². The van der Waals surface area contributed by atoms with E-state index in [1.54, 1.807) is 0 Å². The first-order valence-electron chi connectivity index (χ1n) is 3.86. The maximum absolute atomic E-state index is 11.6. The highest BCUT2D eigenvalue weighted by molar-refractivity contribution is 7.59. The van der Waals surface area contributed by atoms with Crippen molar-refractivity contribution < 1.29 is 13.9 Å². The van der Waals surface area contributed by atoms with Crippen LogP contribution in [0.3, 0.4) is 0 Å². The molecular weight excluding hydrogens is 193 g/mol. The van der Waals surface area contributed by atoms with Gasteiger partial charge in [0.1, 0.15) is 13.2 Å². The largest absolute Gasteiger partial charge is 0.631 e. The number of nitrogens with zero attached hydrogens (tertiary/aromatic N) is 3. The van der Waals surface area contributed by atoms with Crippen molar-refractivity contribution in [1.29, 1.82) is 0 Å². The Kier molecular flexibility index (Phi) is 3.11. The Morgan fingerprint density at radius 2 is 2.08 bits per heavy atom. The number of azide groups is 1. The van der Waals surface area contributed by atoms with Crippen LogP contribution in [0.4, 0.5) is 0 Å². The van der Waals surface area contributed by atoms with E-state index in [0.717, 1.165) is 0 Å². The monoisotopic (exact) mass is 205 g/mol. The van der Waals surface area contributed by atoms with Crippen molar-refractivity contribution in [1.82, 2.24) is 0 Å². The highest BCUT2D eigenvalue weighted by Crippen LogP contribution is 2.57. The third-order valence-corrected chi connectivity index (χ3v) is 3.12. The van der Waals surface area contributed by atoms with Crippen LogP contribution in [0.15, 0.2) is 5.11 Å². The molecule has 1 rings (SSSR count). The van der Waals surface area contributed by atoms with E-state index in [-0.39, 0.29) is 11.7 Å². The quantitative estimate of drug-likeness (QED) is 0.295. The lowest BCUT2D eigenvalue weighted by Crippen LogP contribution is -2.35. The number of hydrogen-bond donors (Lipinski definition) is 0. The fourth-order valence-corrected chi connectivity index (χ4v) is 2.35. The predicted molar refractivity (Wildman–Crippen MR) is 46.6 cm³/mol. The second-order valence-electron chi connectivity index (χ2n) is 3.69. The lowest BCUT2D eigenvalue weighted by molar-refractivity contribution is -0.232. The molecule has 0 saturated carbocycles. The zero-order valence-corrected chi connectivity index (χ0v) is 8.53. The molecule has 0 unspecified atom stereocenters. The summed E-state index contributed by atoms with van der Waals surface area (Å²) >= 11 is 0. The molecule has 0 N–H and O–H groups in total. The van der Waals surface area contributed by atoms with Gasteiger partial charge < -0.3 is 4.89 Å². The van der Waals surface area contributed by atoms with E-state index in [9.17, 15) is 4.89 Å². The Morgan fingerprint density at radius 1 is 1.54 bits per heavy atom. The van der Waals surface area contributed by atoms with Gasteiger partial charge in [0.2, 0.25) is 7.94 Å². The van der Waals surface area contributed by atoms with Crippen molar-refractivity contribution in [3.63, 3.8) is 0 Å². The minimum Gasteiger partial charge on any atom is -0.631 e. The van der Waals surface area contributed by atoms with Crippen molar-refractivity contribution >= 4 is 7.94 Å². The summed E-state index contributed by atoms with van der Waals surface area (Å²) in [5.41, 5.74) is 7.92. The van der Waals surface area contributed by atoms with Gasteiger partial charge in [-0.25, -0.2) is 9.05 Å². The molecule has 1 heterocycles. The molecule has 1 fully saturated rings. The molecular formula is C6H12N3O3P. The van der Waals surface area contributed by atoms with Gasteiger partial charge >= 0.3 is 0 Å². The second kappa shape index (κ2) is 3.78. The fourth-order valence-electron chi connectivity index (χ4n) is 0.813. The van der Waals surface area contributed by atoms with Crippen LogP contribution in [0.5, 0.6) is 0 Å². The van der Waals surface area contributed by atoms with Crippen molar-refractivity contribution in [2.24, 2.45) is 10.5 Å². The molecule has 6 nitrogen and oxygen atoms in total. The molecule has 0 amide bonds. The van der Waals surface area contributed by atoms with Crippen molar-refractivity contribution in [2.45, 2.75) is 13.8 Å². The van der Waals surface area contributed by atoms with Crippen LogP contribution in [-0.4, -0.2) is 19.5 Å². The lowest BCUT2D eigenvalue weighted by Gasteiger charge is -2.37. The summed E-state index contributed by atoms with van der Waals surface area (Å²) < 4.78 is 10.1. The van der Waals surface area contributed by atoms with E-state index in [4.69, 9.17) is 14.6 Å². The lowest BCUT2D eigenvalue weighted by atomic mass is 9.97. The summed E-state index contributed by atoms with van der Waals surface area (Å²) in [6, 6.07) is 0. The van der Waals surface area contributed by atoms with Gasteiger partial charge in [-0.15, -0.1) is 0 Å². The predicted octanol–water partition coefficient (Wildman–Crippen LogP) is 1.45. The number of hydrogen-bond acceptors (Lipinski definition) is 4. The molecule has 13 heavy (non-hydrogen) atoms. The van der Waals surface area contributed by atoms with Crippen LogP contribution in [0.2, 0.25) is 0 Å². The maximum atomic E-state index is 11.6. The van der Waals surface area contributed by atoms with Crippen LogP contribution in [-0.2, 0) is 9.05 Å². The SMILES string of the molecule is CC1(C)CO[P+]([O-])(CN=[N+]=[N-])OC1. The molecule has 0 aromatic rings. The average Bonchev–Trinajstić information content (AvgIpc) is 2.08. The van der Waals surface area contributed by atoms with Gasteiger partial charge in [0.25, 0.3) is 0 Å². The van der Waals surface area contributed by atoms with E-state index < -0.39 is 7.94 Å². The fraction of sp³-hybridized carbons (Fsp3) is 1.00. The molecule has 0 aromatic carbocycles. The molecule has 1 aliphatic heterocycles. The molecule has 0 spiro atoms. The molecule has 1 aliphatic rings. The van der Waals surface area contributed by atoms with Gasteiger partial charge in [0, 0.05) is 10.3 Å². The summed E-state index contributed by atoms with van der Waals surface area (Å²) in [4.78, 5) is 14.1. The van der Waals surface area contributed by atoms with E-state index in [1.165, 1.54) is 0 Å². The normalized spacial score (nSPS) is 24.8. The summed E-state index contributed by atoms with van der Waals surface area (Å²) in [6.07, 6.45) is -0.223. The smallest absolute Gasteiger partial charge is 0.243 e. The summed E-state index contributed by atoms with van der Waals surface area (Å²) in [6.45, 7) is 4.63. The first-order chi connectivity index (χ1) is 5.97. The Labute approximate surface area is 77.1 Å². The number of rotatable bonds is 2. The van der Waals surface area contributed by atoms with Gasteiger partial charge in [0.05, 0.1) is 0 Å². The van der Waals surface area contributed by atoms with Gasteiger partial charge in [-0.2, -0.15) is 0 Å². The van der Waals surface area contributed by atoms with E-state index >= 15 is 0 Å². The second-order valence-corrected chi connectivity index (χ2v) is 5.72. The highest BCUT2D eigenvalue weighted by atomic mass is 31.2. The molecule has 1 saturated heterocycles. The molecule has 74 valence electrons. The Hall–Kier alpha value is -0.380. The Morgan fingerprint density at radius 3 is 2.54 bits per heavy atom. The minimum absolute atomic E-state index is 0.121. The zero-order chi connectivity index (χ0) is 9.95. The third-order valence-electron chi connectivity index (χ3n) is 1.60. The highest BCUT2D eigenvalue weighted by Gasteiger charge is 2.40. The van der Waals surface area contributed by atoms with E-state index in [0.29, 0.717) is 13.2 Å². The average molecular weight is 205 g/mol. The zero-order valence-electron chi connectivity index (χ0n) is 7.63. The Bertz CT molecular complexity index is 229. The van der Waals surface area contributed by atoms with Crippen LogP contribution < -0.4 is 4.89 Å². The van der Waals surface area contributed by atoms with E-state index in [1.807, 2.05) is 13.8 Å². The molecule has 7 heteroatoms. The maximum Gasteiger partial charge on any atom is 0.243 e. The van der Waals surface area contributed by atoms with Gasteiger partial charge in [-0.3, -0.25) is 0 Å². The minimum atomic E-state index is -3.13. The van der Waals surface area contributed by atoms with Crippen LogP contribution in [0, 0.1) is 5.41 Å². The molecule has 0 aliphatic carbocycles. The van der Waals surface area contributed by atoms with Crippen molar-refractivity contribution in [2.75, 3.05) is 19.5 Å². The first-order valence-corrected chi connectivity index (χ1v) is 5.59. The van der Waals surface area contributed by atoms with Gasteiger partial charge in [-0.05, 0) is 10.6 Å². The van der Waals surface area contributed by atoms with Crippen LogP contribution in [0.1, 0.15) is 13.8 Å². The van der Waals surface area contributed by atoms with Crippen molar-refractivity contribution in [3.05, 3.63) is 10.4 Å². The van der Waals surface area contributed by atoms with Gasteiger partial charge in [-0.1, -0.05) is 13.8 Å².